The number of halogens is 8. The molecule has 15 heteroatoms. The van der Waals surface area contributed by atoms with E-state index in [9.17, 15) is 43.5 Å². The monoisotopic (exact) mass is 423 g/mol. The molecule has 0 amide bonds. The molecular formula is C11H13F8NO5S. The quantitative estimate of drug-likeness (QED) is 0.422. The highest BCUT2D eigenvalue weighted by atomic mass is 32.2. The van der Waals surface area contributed by atoms with Crippen molar-refractivity contribution in [2.24, 2.45) is 0 Å². The highest BCUT2D eigenvalue weighted by Gasteiger charge is 2.73. The number of hydrogen-bond acceptors (Lipinski definition) is 5. The predicted octanol–water partition coefficient (Wildman–Crippen LogP) is 2.58. The summed E-state index contributed by atoms with van der Waals surface area (Å²) >= 11 is 0. The second-order valence-corrected chi connectivity index (χ2v) is 6.65. The Hall–Kier alpha value is -1.03. The standard InChI is InChI=1S/C11H13F8NO5S/c1-3-6-20(5-7(24-6)23-4-2)26(21,22)11(18,19)10(16,17)25-9(14,15)8(12)13/h3,6-8H,1,4-5H2,2H3/t6-,7-/m1/s1. The van der Waals surface area contributed by atoms with E-state index in [1.165, 1.54) is 6.92 Å². The van der Waals surface area contributed by atoms with Crippen LogP contribution >= 0.6 is 0 Å². The van der Waals surface area contributed by atoms with Crippen molar-refractivity contribution in [3.8, 4) is 0 Å². The lowest BCUT2D eigenvalue weighted by molar-refractivity contribution is -0.435. The summed E-state index contributed by atoms with van der Waals surface area (Å²) in [6.07, 6.45) is -20.1. The third-order valence-electron chi connectivity index (χ3n) is 2.95. The fraction of sp³-hybridized carbons (Fsp3) is 0.818. The molecule has 1 heterocycles. The first kappa shape index (κ1) is 23.0. The average Bonchev–Trinajstić information content (AvgIpc) is 2.89. The first-order valence-corrected chi connectivity index (χ1v) is 8.10. The van der Waals surface area contributed by atoms with Crippen molar-refractivity contribution in [1.29, 1.82) is 0 Å². The van der Waals surface area contributed by atoms with Gasteiger partial charge in [0.25, 0.3) is 10.0 Å². The van der Waals surface area contributed by atoms with E-state index in [0.29, 0.717) is 6.08 Å². The van der Waals surface area contributed by atoms with Gasteiger partial charge >= 0.3 is 23.9 Å². The molecule has 6 nitrogen and oxygen atoms in total. The van der Waals surface area contributed by atoms with Crippen molar-refractivity contribution in [2.75, 3.05) is 13.2 Å². The van der Waals surface area contributed by atoms with E-state index in [2.05, 4.69) is 11.3 Å². The molecule has 0 spiro atoms. The van der Waals surface area contributed by atoms with Crippen LogP contribution in [0.3, 0.4) is 0 Å². The number of hydrogen-bond donors (Lipinski definition) is 0. The molecule has 26 heavy (non-hydrogen) atoms. The Bertz CT molecular complexity index is 614. The van der Waals surface area contributed by atoms with Crippen molar-refractivity contribution < 1.29 is 57.8 Å². The molecule has 1 fully saturated rings. The minimum absolute atomic E-state index is 0.0707. The van der Waals surface area contributed by atoms with Gasteiger partial charge in [0.05, 0.1) is 6.54 Å². The smallest absolute Gasteiger partial charge is 0.351 e. The van der Waals surface area contributed by atoms with Crippen LogP contribution in [-0.4, -0.2) is 62.3 Å². The zero-order chi connectivity index (χ0) is 20.6. The highest BCUT2D eigenvalue weighted by Crippen LogP contribution is 2.46. The molecule has 0 aromatic rings. The summed E-state index contributed by atoms with van der Waals surface area (Å²) < 4.78 is 139. The van der Waals surface area contributed by atoms with Crippen molar-refractivity contribution in [1.82, 2.24) is 4.31 Å². The molecule has 0 aromatic heterocycles. The molecule has 0 aliphatic carbocycles. The minimum atomic E-state index is -6.50. The summed E-state index contributed by atoms with van der Waals surface area (Å²) in [5.41, 5.74) is 0. The third-order valence-corrected chi connectivity index (χ3v) is 4.81. The Balaban J connectivity index is 3.21. The molecule has 1 saturated heterocycles. The Morgan fingerprint density at radius 1 is 1.27 bits per heavy atom. The van der Waals surface area contributed by atoms with E-state index in [1.807, 2.05) is 0 Å². The summed E-state index contributed by atoms with van der Waals surface area (Å²) in [6, 6.07) is 0. The van der Waals surface area contributed by atoms with E-state index in [1.54, 1.807) is 0 Å². The number of sulfonamides is 1. The molecule has 1 aliphatic rings. The number of alkyl halides is 8. The van der Waals surface area contributed by atoms with Gasteiger partial charge in [-0.3, -0.25) is 0 Å². The van der Waals surface area contributed by atoms with Crippen LogP contribution < -0.4 is 0 Å². The lowest BCUT2D eigenvalue weighted by Crippen LogP contribution is -2.58. The molecular weight excluding hydrogens is 410 g/mol. The van der Waals surface area contributed by atoms with Gasteiger partial charge in [-0.2, -0.15) is 30.6 Å². The topological polar surface area (TPSA) is 65.1 Å². The van der Waals surface area contributed by atoms with Gasteiger partial charge in [0.1, 0.15) is 6.23 Å². The van der Waals surface area contributed by atoms with Crippen LogP contribution in [0.15, 0.2) is 12.7 Å². The van der Waals surface area contributed by atoms with E-state index >= 15 is 0 Å². The van der Waals surface area contributed by atoms with E-state index in [-0.39, 0.29) is 10.9 Å². The first-order valence-electron chi connectivity index (χ1n) is 6.66. The molecule has 0 saturated carbocycles. The number of rotatable bonds is 9. The molecule has 1 rings (SSSR count). The molecule has 1 aliphatic heterocycles. The minimum Gasteiger partial charge on any atom is -0.351 e. The van der Waals surface area contributed by atoms with Gasteiger partial charge in [-0.25, -0.2) is 21.9 Å². The SMILES string of the molecule is C=C[C@H]1O[C@@H](OCC)CN1S(=O)(=O)C(F)(F)C(F)(F)OC(F)(F)C(F)F. The van der Waals surface area contributed by atoms with Crippen molar-refractivity contribution in [2.45, 2.75) is 43.3 Å². The van der Waals surface area contributed by atoms with Gasteiger partial charge in [0.15, 0.2) is 6.29 Å². The normalized spacial score (nSPS) is 23.6. The summed E-state index contributed by atoms with van der Waals surface area (Å²) in [6.45, 7) is 3.40. The molecule has 0 radical (unpaired) electrons. The molecule has 154 valence electrons. The Labute approximate surface area is 142 Å². The fourth-order valence-corrected chi connectivity index (χ4v) is 3.14. The fourth-order valence-electron chi connectivity index (χ4n) is 1.78. The maximum Gasteiger partial charge on any atom is 0.449 e. The highest BCUT2D eigenvalue weighted by molar-refractivity contribution is 7.90. The Kier molecular flexibility index (Phi) is 6.67. The second-order valence-electron chi connectivity index (χ2n) is 4.72. The zero-order valence-corrected chi connectivity index (χ0v) is 13.7. The molecule has 0 aromatic carbocycles. The first-order chi connectivity index (χ1) is 11.6. The number of nitrogens with zero attached hydrogens (tertiary/aromatic N) is 1. The largest absolute Gasteiger partial charge is 0.449 e. The van der Waals surface area contributed by atoms with Crippen molar-refractivity contribution >= 4 is 10.0 Å². The Morgan fingerprint density at radius 2 is 1.81 bits per heavy atom. The maximum atomic E-state index is 13.8. The van der Waals surface area contributed by atoms with Crippen LogP contribution in [0.25, 0.3) is 0 Å². The molecule has 2 atom stereocenters. The maximum absolute atomic E-state index is 13.8. The lowest BCUT2D eigenvalue weighted by Gasteiger charge is -2.31. The van der Waals surface area contributed by atoms with Crippen LogP contribution in [0.2, 0.25) is 0 Å². The van der Waals surface area contributed by atoms with Crippen molar-refractivity contribution in [3.05, 3.63) is 12.7 Å². The van der Waals surface area contributed by atoms with Gasteiger partial charge in [0.2, 0.25) is 0 Å². The van der Waals surface area contributed by atoms with Crippen LogP contribution in [0.4, 0.5) is 35.1 Å². The summed E-state index contributed by atoms with van der Waals surface area (Å²) in [4.78, 5) is 0. The van der Waals surface area contributed by atoms with E-state index < -0.39 is 53.0 Å². The van der Waals surface area contributed by atoms with Gasteiger partial charge in [0, 0.05) is 6.61 Å². The van der Waals surface area contributed by atoms with Crippen LogP contribution in [0.5, 0.6) is 0 Å². The van der Waals surface area contributed by atoms with Gasteiger partial charge in [-0.05, 0) is 13.0 Å². The van der Waals surface area contributed by atoms with E-state index in [4.69, 9.17) is 9.47 Å². The van der Waals surface area contributed by atoms with Crippen LogP contribution in [0.1, 0.15) is 6.92 Å². The third kappa shape index (κ3) is 4.11. The van der Waals surface area contributed by atoms with Gasteiger partial charge in [-0.1, -0.05) is 6.58 Å². The predicted molar refractivity (Wildman–Crippen MR) is 68.0 cm³/mol. The molecule has 0 N–H and O–H groups in total. The molecule has 0 unspecified atom stereocenters. The summed E-state index contributed by atoms with van der Waals surface area (Å²) in [5.74, 6) is 0. The van der Waals surface area contributed by atoms with Crippen LogP contribution in [-0.2, 0) is 24.2 Å². The zero-order valence-electron chi connectivity index (χ0n) is 12.9. The summed E-state index contributed by atoms with van der Waals surface area (Å²) in [5, 5.41) is -6.34. The van der Waals surface area contributed by atoms with Gasteiger partial charge in [-0.15, -0.1) is 0 Å². The average molecular weight is 423 g/mol. The van der Waals surface area contributed by atoms with Crippen LogP contribution in [0, 0.1) is 0 Å². The number of ether oxygens (including phenoxy) is 3. The second kappa shape index (κ2) is 7.53. The molecule has 0 bridgehead atoms. The lowest BCUT2D eigenvalue weighted by atomic mass is 10.5. The van der Waals surface area contributed by atoms with E-state index in [0.717, 1.165) is 0 Å². The summed E-state index contributed by atoms with van der Waals surface area (Å²) in [7, 11) is -6.44. The van der Waals surface area contributed by atoms with Gasteiger partial charge < -0.3 is 9.47 Å². The van der Waals surface area contributed by atoms with Crippen molar-refractivity contribution in [3.63, 3.8) is 0 Å². The Morgan fingerprint density at radius 3 is 2.23 bits per heavy atom.